The predicted octanol–water partition coefficient (Wildman–Crippen LogP) is 0.455. The van der Waals surface area contributed by atoms with E-state index in [2.05, 4.69) is 5.10 Å². The highest BCUT2D eigenvalue weighted by molar-refractivity contribution is 6.11. The van der Waals surface area contributed by atoms with Crippen molar-refractivity contribution < 1.29 is 10.2 Å². The molecule has 3 nitrogen and oxygen atoms in total. The van der Waals surface area contributed by atoms with Gasteiger partial charge in [0.1, 0.15) is 0 Å². The van der Waals surface area contributed by atoms with E-state index < -0.39 is 0 Å². The van der Waals surface area contributed by atoms with Gasteiger partial charge in [0.2, 0.25) is 5.76 Å². The minimum Gasteiger partial charge on any atom is -0.490 e. The summed E-state index contributed by atoms with van der Waals surface area (Å²) in [5, 5.41) is 4.23. The number of quaternary nitrogens is 1. The lowest BCUT2D eigenvalue weighted by atomic mass is 10.1. The molecule has 0 saturated carbocycles. The van der Waals surface area contributed by atoms with Crippen molar-refractivity contribution in [3.63, 3.8) is 0 Å². The van der Waals surface area contributed by atoms with Crippen molar-refractivity contribution in [2.75, 3.05) is 7.11 Å². The van der Waals surface area contributed by atoms with Gasteiger partial charge in [-0.1, -0.05) is 35.4 Å². The predicted molar refractivity (Wildman–Crippen MR) is 50.0 cm³/mol. The number of nitrogens with two attached hydrogens (primary N) is 1. The molecule has 0 atom stereocenters. The zero-order valence-corrected chi connectivity index (χ0v) is 7.40. The van der Waals surface area contributed by atoms with Gasteiger partial charge in [0.15, 0.2) is 11.9 Å². The summed E-state index contributed by atoms with van der Waals surface area (Å²) in [6, 6.07) is 10.0. The molecule has 1 aromatic carbocycles. The third-order valence-electron chi connectivity index (χ3n) is 1.93. The van der Waals surface area contributed by atoms with Gasteiger partial charge < -0.3 is 4.74 Å². The Morgan fingerprint density at radius 3 is 2.69 bits per heavy atom. The number of ether oxygens (including phenoxy) is 1. The highest BCUT2D eigenvalue weighted by Crippen LogP contribution is 2.09. The number of rotatable bonds is 2. The van der Waals surface area contributed by atoms with Crippen molar-refractivity contribution in [1.29, 1.82) is 0 Å². The average Bonchev–Trinajstić information content (AvgIpc) is 2.67. The molecule has 1 aliphatic heterocycles. The monoisotopic (exact) mass is 175 g/mol. The molecule has 2 N–H and O–H groups in total. The summed E-state index contributed by atoms with van der Waals surface area (Å²) >= 11 is 0. The van der Waals surface area contributed by atoms with Gasteiger partial charge in [0.25, 0.3) is 0 Å². The molecule has 1 aromatic rings. The van der Waals surface area contributed by atoms with Crippen LogP contribution in [0.15, 0.2) is 47.4 Å². The van der Waals surface area contributed by atoms with Crippen LogP contribution in [-0.4, -0.2) is 12.8 Å². The molecule has 0 saturated heterocycles. The first kappa shape index (κ1) is 8.01. The second kappa shape index (κ2) is 3.41. The summed E-state index contributed by atoms with van der Waals surface area (Å²) in [4.78, 5) is 0. The molecule has 0 bridgehead atoms. The molecule has 13 heavy (non-hydrogen) atoms. The summed E-state index contributed by atoms with van der Waals surface area (Å²) in [5.41, 5.74) is 3.74. The molecule has 0 aromatic heterocycles. The van der Waals surface area contributed by atoms with Crippen molar-refractivity contribution in [1.82, 2.24) is 0 Å². The first-order chi connectivity index (χ1) is 6.42. The first-order valence-electron chi connectivity index (χ1n) is 4.13. The second-order valence-electron chi connectivity index (χ2n) is 2.73. The number of hydrogen-bond donors (Lipinski definition) is 1. The van der Waals surface area contributed by atoms with Crippen molar-refractivity contribution in [3.05, 3.63) is 47.9 Å². The van der Waals surface area contributed by atoms with Crippen LogP contribution in [0.25, 0.3) is 0 Å². The number of nitrogens with zero attached hydrogens (tertiary/aromatic N) is 1. The topological polar surface area (TPSA) is 38.2 Å². The van der Waals surface area contributed by atoms with Crippen molar-refractivity contribution >= 4 is 5.71 Å². The number of hydrogen-bond acceptors (Lipinski definition) is 2. The molecule has 0 fully saturated rings. The zero-order chi connectivity index (χ0) is 9.10. The van der Waals surface area contributed by atoms with Crippen LogP contribution in [0.4, 0.5) is 0 Å². The molecular weight excluding hydrogens is 164 g/mol. The molecule has 0 spiro atoms. The standard InChI is InChI=1S/C10H10N2O/c1-13-9-7-11-12-10(9)8-5-3-2-4-6-8/h2-7H,1H3,(H,11,12)/p+1. The van der Waals surface area contributed by atoms with Crippen molar-refractivity contribution in [2.45, 2.75) is 0 Å². The lowest BCUT2D eigenvalue weighted by Gasteiger charge is -2.00. The number of benzene rings is 1. The fourth-order valence-electron chi connectivity index (χ4n) is 1.30. The van der Waals surface area contributed by atoms with Crippen LogP contribution in [0.3, 0.4) is 0 Å². The van der Waals surface area contributed by atoms with Gasteiger partial charge >= 0.3 is 0 Å². The minimum absolute atomic E-state index is 0.825. The maximum absolute atomic E-state index is 5.18. The molecule has 0 aliphatic carbocycles. The third-order valence-corrected chi connectivity index (χ3v) is 1.93. The highest BCUT2D eigenvalue weighted by atomic mass is 16.5. The van der Waals surface area contributed by atoms with Crippen LogP contribution in [0.1, 0.15) is 5.56 Å². The van der Waals surface area contributed by atoms with Gasteiger partial charge in [0.05, 0.1) is 7.11 Å². The van der Waals surface area contributed by atoms with E-state index in [1.54, 1.807) is 12.5 Å². The van der Waals surface area contributed by atoms with E-state index in [1.165, 1.54) is 0 Å². The SMILES string of the molecule is COC1=C[NH2+]N=C1c1ccccc1. The van der Waals surface area contributed by atoms with E-state index in [9.17, 15) is 0 Å². The van der Waals surface area contributed by atoms with Crippen LogP contribution >= 0.6 is 0 Å². The lowest BCUT2D eigenvalue weighted by molar-refractivity contribution is -0.591. The molecule has 0 amide bonds. The third kappa shape index (κ3) is 1.46. The van der Waals surface area contributed by atoms with Gasteiger partial charge in [0, 0.05) is 5.56 Å². The molecule has 2 rings (SSSR count). The van der Waals surface area contributed by atoms with Crippen LogP contribution in [-0.2, 0) is 4.74 Å². The Hall–Kier alpha value is -1.61. The fourth-order valence-corrected chi connectivity index (χ4v) is 1.30. The van der Waals surface area contributed by atoms with E-state index in [1.807, 2.05) is 36.5 Å². The zero-order valence-electron chi connectivity index (χ0n) is 7.40. The maximum Gasteiger partial charge on any atom is 0.206 e. The number of methoxy groups -OCH3 is 1. The van der Waals surface area contributed by atoms with E-state index in [4.69, 9.17) is 4.74 Å². The number of allylic oxidation sites excluding steroid dienone is 1. The van der Waals surface area contributed by atoms with Gasteiger partial charge in [-0.2, -0.15) is 5.43 Å². The Labute approximate surface area is 76.7 Å². The fraction of sp³-hybridized carbons (Fsp3) is 0.100. The minimum atomic E-state index is 0.825. The van der Waals surface area contributed by atoms with Crippen LogP contribution in [0, 0.1) is 0 Å². The van der Waals surface area contributed by atoms with Crippen molar-refractivity contribution in [2.24, 2.45) is 5.10 Å². The Morgan fingerprint density at radius 2 is 2.00 bits per heavy atom. The normalized spacial score (nSPS) is 15.2. The van der Waals surface area contributed by atoms with Gasteiger partial charge in [-0.3, -0.25) is 0 Å². The molecular formula is C10H11N2O+. The summed E-state index contributed by atoms with van der Waals surface area (Å²) < 4.78 is 5.18. The Balaban J connectivity index is 2.33. The van der Waals surface area contributed by atoms with Crippen LogP contribution < -0.4 is 5.43 Å². The molecule has 3 heteroatoms. The average molecular weight is 175 g/mol. The summed E-state index contributed by atoms with van der Waals surface area (Å²) in [5.74, 6) is 0.825. The molecule has 1 heterocycles. The van der Waals surface area contributed by atoms with Crippen molar-refractivity contribution in [3.8, 4) is 0 Å². The van der Waals surface area contributed by atoms with Crippen LogP contribution in [0.2, 0.25) is 0 Å². The second-order valence-corrected chi connectivity index (χ2v) is 2.73. The molecule has 66 valence electrons. The van der Waals surface area contributed by atoms with E-state index >= 15 is 0 Å². The smallest absolute Gasteiger partial charge is 0.206 e. The van der Waals surface area contributed by atoms with Crippen LogP contribution in [0.5, 0.6) is 0 Å². The van der Waals surface area contributed by atoms with Gasteiger partial charge in [-0.15, -0.1) is 0 Å². The van der Waals surface area contributed by atoms with E-state index in [0.29, 0.717) is 0 Å². The van der Waals surface area contributed by atoms with E-state index in [-0.39, 0.29) is 0 Å². The maximum atomic E-state index is 5.18. The summed E-state index contributed by atoms with van der Waals surface area (Å²) in [7, 11) is 1.66. The molecule has 0 unspecified atom stereocenters. The largest absolute Gasteiger partial charge is 0.490 e. The summed E-state index contributed by atoms with van der Waals surface area (Å²) in [6.07, 6.45) is 1.86. The Kier molecular flexibility index (Phi) is 2.10. The Bertz CT molecular complexity index is 354. The Morgan fingerprint density at radius 1 is 1.23 bits per heavy atom. The van der Waals surface area contributed by atoms with Gasteiger partial charge in [-0.05, 0) is 0 Å². The summed E-state index contributed by atoms with van der Waals surface area (Å²) in [6.45, 7) is 0. The first-order valence-corrected chi connectivity index (χ1v) is 4.13. The van der Waals surface area contributed by atoms with E-state index in [0.717, 1.165) is 17.0 Å². The quantitative estimate of drug-likeness (QED) is 0.651. The highest BCUT2D eigenvalue weighted by Gasteiger charge is 2.17. The lowest BCUT2D eigenvalue weighted by Crippen LogP contribution is -2.69. The van der Waals surface area contributed by atoms with Gasteiger partial charge in [-0.25, -0.2) is 0 Å². The molecule has 0 radical (unpaired) electrons. The molecule has 1 aliphatic rings.